The van der Waals surface area contributed by atoms with Crippen molar-refractivity contribution >= 4 is 0 Å². The first-order valence-corrected chi connectivity index (χ1v) is 6.64. The third-order valence-corrected chi connectivity index (χ3v) is 4.54. The molecule has 15 heavy (non-hydrogen) atoms. The van der Waals surface area contributed by atoms with Gasteiger partial charge in [-0.2, -0.15) is 0 Å². The van der Waals surface area contributed by atoms with E-state index in [1.54, 1.807) is 0 Å². The van der Waals surface area contributed by atoms with Crippen LogP contribution < -0.4 is 0 Å². The van der Waals surface area contributed by atoms with Crippen molar-refractivity contribution in [1.82, 2.24) is 4.90 Å². The molecule has 2 aliphatic rings. The van der Waals surface area contributed by atoms with Gasteiger partial charge in [-0.25, -0.2) is 0 Å². The highest BCUT2D eigenvalue weighted by Crippen LogP contribution is 2.38. The first-order valence-electron chi connectivity index (χ1n) is 6.64. The van der Waals surface area contributed by atoms with E-state index in [0.717, 1.165) is 24.3 Å². The molecule has 88 valence electrons. The third-order valence-electron chi connectivity index (χ3n) is 4.54. The number of hydrogen-bond acceptors (Lipinski definition) is 2. The Morgan fingerprint density at radius 1 is 1.20 bits per heavy atom. The van der Waals surface area contributed by atoms with Crippen molar-refractivity contribution in [2.75, 3.05) is 20.2 Å². The largest absolute Gasteiger partial charge is 0.396 e. The zero-order valence-electron chi connectivity index (χ0n) is 9.99. The normalized spacial score (nSPS) is 31.2. The Kier molecular flexibility index (Phi) is 4.04. The van der Waals surface area contributed by atoms with Crippen molar-refractivity contribution in [2.45, 2.75) is 51.0 Å². The molecule has 2 heteroatoms. The molecule has 1 heterocycles. The molecule has 2 nitrogen and oxygen atoms in total. The van der Waals surface area contributed by atoms with Gasteiger partial charge >= 0.3 is 0 Å². The zero-order chi connectivity index (χ0) is 10.7. The van der Waals surface area contributed by atoms with Crippen LogP contribution in [-0.4, -0.2) is 36.2 Å². The summed E-state index contributed by atoms with van der Waals surface area (Å²) in [5, 5.41) is 9.23. The van der Waals surface area contributed by atoms with Crippen LogP contribution in [0.5, 0.6) is 0 Å². The summed E-state index contributed by atoms with van der Waals surface area (Å²) < 4.78 is 0. The molecule has 1 N–H and O–H groups in total. The number of likely N-dealkylation sites (tertiary alicyclic amines) is 1. The Bertz CT molecular complexity index is 189. The quantitative estimate of drug-likeness (QED) is 0.771. The van der Waals surface area contributed by atoms with Crippen LogP contribution >= 0.6 is 0 Å². The Morgan fingerprint density at radius 2 is 1.93 bits per heavy atom. The highest BCUT2D eigenvalue weighted by Gasteiger charge is 2.35. The third kappa shape index (κ3) is 2.54. The van der Waals surface area contributed by atoms with Crippen LogP contribution in [0.25, 0.3) is 0 Å². The monoisotopic (exact) mass is 211 g/mol. The number of rotatable bonds is 4. The molecule has 1 saturated heterocycles. The van der Waals surface area contributed by atoms with E-state index in [2.05, 4.69) is 11.9 Å². The van der Waals surface area contributed by atoms with Crippen LogP contribution in [0.3, 0.4) is 0 Å². The second-order valence-corrected chi connectivity index (χ2v) is 5.41. The summed E-state index contributed by atoms with van der Waals surface area (Å²) in [6, 6.07) is 0.764. The summed E-state index contributed by atoms with van der Waals surface area (Å²) >= 11 is 0. The molecular formula is C13H25NO. The van der Waals surface area contributed by atoms with Crippen LogP contribution in [0.4, 0.5) is 0 Å². The van der Waals surface area contributed by atoms with Gasteiger partial charge in [0.05, 0.1) is 0 Å². The van der Waals surface area contributed by atoms with Gasteiger partial charge in [0.2, 0.25) is 0 Å². The van der Waals surface area contributed by atoms with Crippen LogP contribution in [0.15, 0.2) is 0 Å². The Balaban J connectivity index is 1.97. The van der Waals surface area contributed by atoms with E-state index in [0.29, 0.717) is 6.61 Å². The first-order chi connectivity index (χ1) is 7.33. The minimum Gasteiger partial charge on any atom is -0.396 e. The zero-order valence-corrected chi connectivity index (χ0v) is 9.99. The number of aliphatic hydroxyl groups is 1. The molecule has 0 spiro atoms. The van der Waals surface area contributed by atoms with Crippen molar-refractivity contribution in [2.24, 2.45) is 11.8 Å². The molecule has 0 radical (unpaired) electrons. The van der Waals surface area contributed by atoms with E-state index in [4.69, 9.17) is 0 Å². The Morgan fingerprint density at radius 3 is 2.47 bits per heavy atom. The van der Waals surface area contributed by atoms with Gasteiger partial charge in [-0.05, 0) is 44.7 Å². The standard InChI is InChI=1S/C13H25NO/c1-14-9-4-7-13(14)12(8-10-15)11-5-2-3-6-11/h11-13,15H,2-10H2,1H3. The second kappa shape index (κ2) is 5.31. The maximum atomic E-state index is 9.23. The van der Waals surface area contributed by atoms with E-state index in [9.17, 15) is 5.11 Å². The highest BCUT2D eigenvalue weighted by molar-refractivity contribution is 4.88. The number of hydrogen-bond donors (Lipinski definition) is 1. The molecule has 0 aromatic carbocycles. The van der Waals surface area contributed by atoms with Crippen molar-refractivity contribution < 1.29 is 5.11 Å². The molecule has 1 aliphatic heterocycles. The first kappa shape index (κ1) is 11.4. The van der Waals surface area contributed by atoms with Gasteiger partial charge in [0.15, 0.2) is 0 Å². The fourth-order valence-corrected chi connectivity index (χ4v) is 3.75. The molecule has 0 bridgehead atoms. The maximum Gasteiger partial charge on any atom is 0.0434 e. The summed E-state index contributed by atoms with van der Waals surface area (Å²) in [4.78, 5) is 2.53. The second-order valence-electron chi connectivity index (χ2n) is 5.41. The van der Waals surface area contributed by atoms with Crippen molar-refractivity contribution in [3.05, 3.63) is 0 Å². The van der Waals surface area contributed by atoms with Gasteiger partial charge in [0.25, 0.3) is 0 Å². The maximum absolute atomic E-state index is 9.23. The average Bonchev–Trinajstić information content (AvgIpc) is 2.85. The molecule has 2 atom stereocenters. The van der Waals surface area contributed by atoms with Gasteiger partial charge in [0, 0.05) is 12.6 Å². The summed E-state index contributed by atoms with van der Waals surface area (Å²) in [7, 11) is 2.26. The molecule has 0 amide bonds. The van der Waals surface area contributed by atoms with E-state index in [-0.39, 0.29) is 0 Å². The van der Waals surface area contributed by atoms with Crippen LogP contribution in [0.2, 0.25) is 0 Å². The van der Waals surface area contributed by atoms with Crippen molar-refractivity contribution in [3.8, 4) is 0 Å². The van der Waals surface area contributed by atoms with Gasteiger partial charge in [-0.15, -0.1) is 0 Å². The number of nitrogens with zero attached hydrogens (tertiary/aromatic N) is 1. The minimum absolute atomic E-state index is 0.380. The molecule has 2 fully saturated rings. The molecular weight excluding hydrogens is 186 g/mol. The molecule has 1 aliphatic carbocycles. The van der Waals surface area contributed by atoms with Crippen LogP contribution in [0, 0.1) is 11.8 Å². The predicted molar refractivity (Wildman–Crippen MR) is 62.8 cm³/mol. The molecule has 0 aromatic heterocycles. The van der Waals surface area contributed by atoms with Crippen molar-refractivity contribution in [3.63, 3.8) is 0 Å². The molecule has 2 rings (SSSR count). The van der Waals surface area contributed by atoms with Gasteiger partial charge in [-0.3, -0.25) is 0 Å². The van der Waals surface area contributed by atoms with Crippen LogP contribution in [0.1, 0.15) is 44.9 Å². The van der Waals surface area contributed by atoms with Crippen LogP contribution in [-0.2, 0) is 0 Å². The molecule has 2 unspecified atom stereocenters. The molecule has 1 saturated carbocycles. The lowest BCUT2D eigenvalue weighted by Gasteiger charge is -2.33. The van der Waals surface area contributed by atoms with Gasteiger partial charge in [-0.1, -0.05) is 25.7 Å². The average molecular weight is 211 g/mol. The predicted octanol–water partition coefficient (Wildman–Crippen LogP) is 2.27. The fourth-order valence-electron chi connectivity index (χ4n) is 3.75. The lowest BCUT2D eigenvalue weighted by atomic mass is 9.81. The van der Waals surface area contributed by atoms with E-state index in [1.165, 1.54) is 45.1 Å². The van der Waals surface area contributed by atoms with E-state index in [1.807, 2.05) is 0 Å². The van der Waals surface area contributed by atoms with E-state index < -0.39 is 0 Å². The Hall–Kier alpha value is -0.0800. The van der Waals surface area contributed by atoms with Gasteiger partial charge < -0.3 is 10.0 Å². The van der Waals surface area contributed by atoms with E-state index >= 15 is 0 Å². The summed E-state index contributed by atoms with van der Waals surface area (Å²) in [6.45, 7) is 1.64. The fraction of sp³-hybridized carbons (Fsp3) is 1.00. The molecule has 0 aromatic rings. The Labute approximate surface area is 93.7 Å². The summed E-state index contributed by atoms with van der Waals surface area (Å²) in [5.41, 5.74) is 0. The lowest BCUT2D eigenvalue weighted by Crippen LogP contribution is -2.36. The topological polar surface area (TPSA) is 23.5 Å². The summed E-state index contributed by atoms with van der Waals surface area (Å²) in [5.74, 6) is 1.67. The highest BCUT2D eigenvalue weighted by atomic mass is 16.3. The number of aliphatic hydroxyl groups excluding tert-OH is 1. The SMILES string of the molecule is CN1CCCC1C(CCO)C1CCCC1. The minimum atomic E-state index is 0.380. The summed E-state index contributed by atoms with van der Waals surface area (Å²) in [6.07, 6.45) is 9.41. The lowest BCUT2D eigenvalue weighted by molar-refractivity contribution is 0.133. The van der Waals surface area contributed by atoms with Gasteiger partial charge in [0.1, 0.15) is 0 Å². The van der Waals surface area contributed by atoms with Crippen molar-refractivity contribution in [1.29, 1.82) is 0 Å². The smallest absolute Gasteiger partial charge is 0.0434 e.